The van der Waals surface area contributed by atoms with E-state index in [0.29, 0.717) is 13.0 Å². The van der Waals surface area contributed by atoms with Crippen molar-refractivity contribution in [1.29, 1.82) is 0 Å². The van der Waals surface area contributed by atoms with Crippen molar-refractivity contribution >= 4 is 5.97 Å². The summed E-state index contributed by atoms with van der Waals surface area (Å²) >= 11 is 0. The molecule has 4 heteroatoms. The number of ether oxygens (including phenoxy) is 2. The normalized spacial score (nSPS) is 14.5. The number of carbonyl (C=O) groups excluding carboxylic acids is 1. The minimum absolute atomic E-state index is 0.305. The average molecular weight is 232 g/mol. The molecule has 0 aromatic rings. The Morgan fingerprint density at radius 1 is 1.25 bits per heavy atom. The van der Waals surface area contributed by atoms with Crippen LogP contribution in [0.1, 0.15) is 52.9 Å². The lowest BCUT2D eigenvalue weighted by molar-refractivity contribution is -0.237. The van der Waals surface area contributed by atoms with Crippen LogP contribution in [-0.2, 0) is 14.3 Å². The third-order valence-electron chi connectivity index (χ3n) is 2.21. The molecule has 0 aromatic heterocycles. The van der Waals surface area contributed by atoms with Crippen molar-refractivity contribution in [3.05, 3.63) is 0 Å². The Morgan fingerprint density at radius 3 is 2.44 bits per heavy atom. The van der Waals surface area contributed by atoms with Gasteiger partial charge in [0.2, 0.25) is 5.79 Å². The molecule has 0 saturated carbocycles. The molecule has 0 saturated heterocycles. The molecule has 1 unspecified atom stereocenters. The number of aliphatic hydroxyl groups excluding tert-OH is 1. The summed E-state index contributed by atoms with van der Waals surface area (Å²) in [7, 11) is 0. The summed E-state index contributed by atoms with van der Waals surface area (Å²) in [5.74, 6) is -1.49. The van der Waals surface area contributed by atoms with Crippen molar-refractivity contribution in [3.63, 3.8) is 0 Å². The maximum absolute atomic E-state index is 11.4. The second kappa shape index (κ2) is 8.53. The quantitative estimate of drug-likeness (QED) is 0.376. The van der Waals surface area contributed by atoms with Crippen LogP contribution in [0.15, 0.2) is 0 Å². The van der Waals surface area contributed by atoms with Gasteiger partial charge in [0.05, 0.1) is 6.61 Å². The van der Waals surface area contributed by atoms with Gasteiger partial charge in [-0.05, 0) is 12.8 Å². The van der Waals surface area contributed by atoms with Crippen LogP contribution in [0.4, 0.5) is 0 Å². The number of carbonyl (C=O) groups is 1. The van der Waals surface area contributed by atoms with Crippen LogP contribution < -0.4 is 0 Å². The molecule has 0 aliphatic heterocycles. The smallest absolute Gasteiger partial charge is 0.308 e. The lowest BCUT2D eigenvalue weighted by Crippen LogP contribution is -2.39. The molecular formula is C12H24O4. The topological polar surface area (TPSA) is 55.8 Å². The van der Waals surface area contributed by atoms with E-state index in [1.54, 1.807) is 6.92 Å². The molecule has 1 atom stereocenters. The predicted octanol–water partition coefficient (Wildman–Crippen LogP) is 2.25. The zero-order valence-electron chi connectivity index (χ0n) is 10.6. The molecule has 16 heavy (non-hydrogen) atoms. The number of unbranched alkanes of at least 4 members (excludes halogenated alkanes) is 2. The predicted molar refractivity (Wildman–Crippen MR) is 62.0 cm³/mol. The summed E-state index contributed by atoms with van der Waals surface area (Å²) < 4.78 is 10.4. The molecule has 1 N–H and O–H groups in total. The van der Waals surface area contributed by atoms with Gasteiger partial charge in [-0.3, -0.25) is 4.79 Å². The van der Waals surface area contributed by atoms with Crippen LogP contribution in [0.5, 0.6) is 0 Å². The van der Waals surface area contributed by atoms with E-state index in [1.807, 2.05) is 6.92 Å². The van der Waals surface area contributed by atoms with Crippen LogP contribution in [0.2, 0.25) is 0 Å². The Balaban J connectivity index is 3.94. The van der Waals surface area contributed by atoms with E-state index in [1.165, 1.54) is 0 Å². The van der Waals surface area contributed by atoms with E-state index in [4.69, 9.17) is 14.6 Å². The van der Waals surface area contributed by atoms with Gasteiger partial charge >= 0.3 is 5.97 Å². The number of hydrogen-bond donors (Lipinski definition) is 1. The molecule has 0 radical (unpaired) electrons. The number of hydrogen-bond acceptors (Lipinski definition) is 4. The molecule has 4 nitrogen and oxygen atoms in total. The molecule has 0 fully saturated rings. The van der Waals surface area contributed by atoms with Gasteiger partial charge in [0.25, 0.3) is 0 Å². The third-order valence-corrected chi connectivity index (χ3v) is 2.21. The van der Waals surface area contributed by atoms with E-state index in [-0.39, 0.29) is 12.6 Å². The van der Waals surface area contributed by atoms with Crippen LogP contribution in [0.25, 0.3) is 0 Å². The fourth-order valence-electron chi connectivity index (χ4n) is 1.24. The monoisotopic (exact) mass is 232 g/mol. The lowest BCUT2D eigenvalue weighted by Gasteiger charge is -2.27. The second-order valence-electron chi connectivity index (χ2n) is 4.07. The minimum atomic E-state index is -1.18. The number of esters is 1. The van der Waals surface area contributed by atoms with E-state index in [0.717, 1.165) is 25.7 Å². The fourth-order valence-corrected chi connectivity index (χ4v) is 1.24. The molecule has 0 bridgehead atoms. The fraction of sp³-hybridized carbons (Fsp3) is 0.917. The van der Waals surface area contributed by atoms with Crippen LogP contribution in [0, 0.1) is 0 Å². The third kappa shape index (κ3) is 6.80. The first kappa shape index (κ1) is 15.4. The zero-order valence-corrected chi connectivity index (χ0v) is 10.6. The van der Waals surface area contributed by atoms with Gasteiger partial charge in [0.15, 0.2) is 0 Å². The highest BCUT2D eigenvalue weighted by atomic mass is 16.7. The van der Waals surface area contributed by atoms with E-state index < -0.39 is 5.79 Å². The molecule has 0 aliphatic rings. The second-order valence-corrected chi connectivity index (χ2v) is 4.07. The summed E-state index contributed by atoms with van der Waals surface area (Å²) in [6.07, 6.45) is 4.12. The van der Waals surface area contributed by atoms with Gasteiger partial charge in [-0.25, -0.2) is 0 Å². The van der Waals surface area contributed by atoms with Crippen LogP contribution >= 0.6 is 0 Å². The van der Waals surface area contributed by atoms with Gasteiger partial charge < -0.3 is 14.6 Å². The van der Waals surface area contributed by atoms with Gasteiger partial charge in [-0.1, -0.05) is 26.7 Å². The van der Waals surface area contributed by atoms with Crippen LogP contribution in [0.3, 0.4) is 0 Å². The molecule has 0 rings (SSSR count). The number of rotatable bonds is 9. The maximum atomic E-state index is 11.4. The highest BCUT2D eigenvalue weighted by Crippen LogP contribution is 2.14. The maximum Gasteiger partial charge on any atom is 0.308 e. The molecule has 0 heterocycles. The Labute approximate surface area is 97.9 Å². The van der Waals surface area contributed by atoms with Gasteiger partial charge in [0.1, 0.15) is 6.61 Å². The first-order valence-electron chi connectivity index (χ1n) is 6.04. The summed E-state index contributed by atoms with van der Waals surface area (Å²) in [5, 5.41) is 9.13. The molecule has 0 aliphatic carbocycles. The van der Waals surface area contributed by atoms with Gasteiger partial charge in [0, 0.05) is 13.3 Å². The molecule has 0 spiro atoms. The summed E-state index contributed by atoms with van der Waals surface area (Å²) in [6.45, 7) is 5.78. The largest absolute Gasteiger partial charge is 0.431 e. The molecular weight excluding hydrogens is 208 g/mol. The standard InChI is InChI=1S/C12H24O4/c1-4-6-7-8-11(14)16-12(3,10-13)15-9-5-2/h13H,4-10H2,1-3H3. The molecule has 0 amide bonds. The first-order valence-corrected chi connectivity index (χ1v) is 6.04. The van der Waals surface area contributed by atoms with Crippen molar-refractivity contribution in [1.82, 2.24) is 0 Å². The zero-order chi connectivity index (χ0) is 12.4. The van der Waals surface area contributed by atoms with Crippen LogP contribution in [-0.4, -0.2) is 30.1 Å². The summed E-state index contributed by atoms with van der Waals surface area (Å²) in [5.41, 5.74) is 0. The van der Waals surface area contributed by atoms with Gasteiger partial charge in [-0.2, -0.15) is 0 Å². The highest BCUT2D eigenvalue weighted by molar-refractivity contribution is 5.69. The van der Waals surface area contributed by atoms with Crippen molar-refractivity contribution in [2.45, 2.75) is 58.7 Å². The molecule has 0 aromatic carbocycles. The minimum Gasteiger partial charge on any atom is -0.431 e. The average Bonchev–Trinajstić information content (AvgIpc) is 2.27. The Bertz CT molecular complexity index is 193. The Hall–Kier alpha value is -0.610. The Morgan fingerprint density at radius 2 is 1.94 bits per heavy atom. The summed E-state index contributed by atoms with van der Waals surface area (Å²) in [4.78, 5) is 11.4. The lowest BCUT2D eigenvalue weighted by atomic mass is 10.2. The van der Waals surface area contributed by atoms with E-state index in [2.05, 4.69) is 6.92 Å². The van der Waals surface area contributed by atoms with E-state index >= 15 is 0 Å². The van der Waals surface area contributed by atoms with Gasteiger partial charge in [-0.15, -0.1) is 0 Å². The van der Waals surface area contributed by atoms with E-state index in [9.17, 15) is 4.79 Å². The van der Waals surface area contributed by atoms with Crippen molar-refractivity contribution < 1.29 is 19.4 Å². The summed E-state index contributed by atoms with van der Waals surface area (Å²) in [6, 6.07) is 0. The first-order chi connectivity index (χ1) is 7.58. The Kier molecular flexibility index (Phi) is 8.21. The van der Waals surface area contributed by atoms with Crippen molar-refractivity contribution in [3.8, 4) is 0 Å². The van der Waals surface area contributed by atoms with Crippen molar-refractivity contribution in [2.24, 2.45) is 0 Å². The highest BCUT2D eigenvalue weighted by Gasteiger charge is 2.28. The van der Waals surface area contributed by atoms with Crippen molar-refractivity contribution in [2.75, 3.05) is 13.2 Å². The molecule has 96 valence electrons. The number of aliphatic hydroxyl groups is 1. The SMILES string of the molecule is CCCCCC(=O)OC(C)(CO)OCCC.